The number of halogens is 3. The summed E-state index contributed by atoms with van der Waals surface area (Å²) >= 11 is 5.88. The SMILES string of the molecule is NC(=NCc1cc(Cl)ccc1OC(F)F)NCCc1ccccc1. The van der Waals surface area contributed by atoms with E-state index in [4.69, 9.17) is 17.3 Å². The fraction of sp³-hybridized carbons (Fsp3) is 0.235. The number of hydrogen-bond donors (Lipinski definition) is 2. The summed E-state index contributed by atoms with van der Waals surface area (Å²) in [6.45, 7) is -2.20. The van der Waals surface area contributed by atoms with Crippen molar-refractivity contribution >= 4 is 17.6 Å². The molecular weight excluding hydrogens is 336 g/mol. The van der Waals surface area contributed by atoms with Crippen LogP contribution in [0.3, 0.4) is 0 Å². The second-order valence-corrected chi connectivity index (χ2v) is 5.43. The molecule has 0 aliphatic carbocycles. The number of nitrogens with one attached hydrogen (secondary N) is 1. The molecule has 0 saturated carbocycles. The van der Waals surface area contributed by atoms with Crippen LogP contribution in [-0.4, -0.2) is 19.1 Å². The molecule has 7 heteroatoms. The fourth-order valence-electron chi connectivity index (χ4n) is 2.09. The Bertz CT molecular complexity index is 681. The zero-order chi connectivity index (χ0) is 17.4. The van der Waals surface area contributed by atoms with Crippen molar-refractivity contribution in [3.05, 3.63) is 64.7 Å². The number of hydrogen-bond acceptors (Lipinski definition) is 2. The maximum absolute atomic E-state index is 12.4. The van der Waals surface area contributed by atoms with E-state index in [-0.39, 0.29) is 18.3 Å². The lowest BCUT2D eigenvalue weighted by Gasteiger charge is -2.10. The molecule has 0 aliphatic rings. The van der Waals surface area contributed by atoms with Gasteiger partial charge in [0.25, 0.3) is 0 Å². The zero-order valence-corrected chi connectivity index (χ0v) is 13.6. The Balaban J connectivity index is 1.90. The molecule has 0 amide bonds. The van der Waals surface area contributed by atoms with Crippen molar-refractivity contribution < 1.29 is 13.5 Å². The van der Waals surface area contributed by atoms with E-state index in [0.29, 0.717) is 17.1 Å². The van der Waals surface area contributed by atoms with Gasteiger partial charge in [-0.25, -0.2) is 4.99 Å². The highest BCUT2D eigenvalue weighted by Crippen LogP contribution is 2.25. The van der Waals surface area contributed by atoms with Gasteiger partial charge in [-0.1, -0.05) is 41.9 Å². The van der Waals surface area contributed by atoms with E-state index in [9.17, 15) is 8.78 Å². The van der Waals surface area contributed by atoms with Crippen LogP contribution in [-0.2, 0) is 13.0 Å². The Morgan fingerprint density at radius 3 is 2.67 bits per heavy atom. The normalized spacial score (nSPS) is 11.6. The first-order valence-electron chi connectivity index (χ1n) is 7.35. The Hall–Kier alpha value is -2.34. The van der Waals surface area contributed by atoms with Crippen LogP contribution in [0, 0.1) is 0 Å². The summed E-state index contributed by atoms with van der Waals surface area (Å²) in [6.07, 6.45) is 0.800. The number of ether oxygens (including phenoxy) is 1. The average molecular weight is 354 g/mol. The van der Waals surface area contributed by atoms with Crippen LogP contribution in [0.15, 0.2) is 53.5 Å². The van der Waals surface area contributed by atoms with E-state index in [0.717, 1.165) is 6.42 Å². The minimum atomic E-state index is -2.91. The fourth-order valence-corrected chi connectivity index (χ4v) is 2.28. The maximum atomic E-state index is 12.4. The molecule has 0 saturated heterocycles. The summed E-state index contributed by atoms with van der Waals surface area (Å²) in [4.78, 5) is 4.13. The van der Waals surface area contributed by atoms with Gasteiger partial charge in [0.05, 0.1) is 6.54 Å². The van der Waals surface area contributed by atoms with Crippen LogP contribution >= 0.6 is 11.6 Å². The number of alkyl halides is 2. The molecule has 4 nitrogen and oxygen atoms in total. The zero-order valence-electron chi connectivity index (χ0n) is 12.9. The van der Waals surface area contributed by atoms with E-state index in [1.165, 1.54) is 23.8 Å². The molecule has 0 aromatic heterocycles. The van der Waals surface area contributed by atoms with Crippen molar-refractivity contribution in [2.75, 3.05) is 6.54 Å². The lowest BCUT2D eigenvalue weighted by atomic mass is 10.1. The largest absolute Gasteiger partial charge is 0.434 e. The standard InChI is InChI=1S/C17H18ClF2N3O/c18-14-6-7-15(24-16(19)20)13(10-14)11-23-17(21)22-9-8-12-4-2-1-3-5-12/h1-7,10,16H,8-9,11H2,(H3,21,22,23). The lowest BCUT2D eigenvalue weighted by Crippen LogP contribution is -2.33. The van der Waals surface area contributed by atoms with Crippen LogP contribution < -0.4 is 15.8 Å². The molecule has 128 valence electrons. The van der Waals surface area contributed by atoms with Gasteiger partial charge in [-0.2, -0.15) is 8.78 Å². The predicted octanol–water partition coefficient (Wildman–Crippen LogP) is 3.59. The highest BCUT2D eigenvalue weighted by molar-refractivity contribution is 6.30. The number of rotatable bonds is 7. The van der Waals surface area contributed by atoms with Crippen molar-refractivity contribution in [1.82, 2.24) is 5.32 Å². The Morgan fingerprint density at radius 2 is 1.96 bits per heavy atom. The van der Waals surface area contributed by atoms with Crippen LogP contribution in [0.4, 0.5) is 8.78 Å². The van der Waals surface area contributed by atoms with Gasteiger partial charge in [0.2, 0.25) is 0 Å². The molecular formula is C17H18ClF2N3O. The predicted molar refractivity (Wildman–Crippen MR) is 91.6 cm³/mol. The minimum absolute atomic E-state index is 0.0373. The van der Waals surface area contributed by atoms with Gasteiger partial charge in [0.1, 0.15) is 5.75 Å². The first-order chi connectivity index (χ1) is 11.5. The summed E-state index contributed by atoms with van der Waals surface area (Å²) in [5.74, 6) is 0.268. The van der Waals surface area contributed by atoms with Crippen LogP contribution in [0.2, 0.25) is 5.02 Å². The lowest BCUT2D eigenvalue weighted by molar-refractivity contribution is -0.0504. The molecule has 0 aliphatic heterocycles. The van der Waals surface area contributed by atoms with Crippen molar-refractivity contribution in [3.8, 4) is 5.75 Å². The van der Waals surface area contributed by atoms with Crippen molar-refractivity contribution in [3.63, 3.8) is 0 Å². The molecule has 0 spiro atoms. The van der Waals surface area contributed by atoms with Gasteiger partial charge < -0.3 is 15.8 Å². The third kappa shape index (κ3) is 6.04. The molecule has 2 aromatic rings. The smallest absolute Gasteiger partial charge is 0.387 e. The van der Waals surface area contributed by atoms with Gasteiger partial charge in [-0.3, -0.25) is 0 Å². The summed E-state index contributed by atoms with van der Waals surface area (Å²) in [5, 5.41) is 3.40. The van der Waals surface area contributed by atoms with Crippen molar-refractivity contribution in [2.45, 2.75) is 19.6 Å². The molecule has 0 bridgehead atoms. The van der Waals surface area contributed by atoms with Crippen LogP contribution in [0.1, 0.15) is 11.1 Å². The van der Waals surface area contributed by atoms with E-state index in [1.807, 2.05) is 30.3 Å². The molecule has 24 heavy (non-hydrogen) atoms. The van der Waals surface area contributed by atoms with E-state index < -0.39 is 6.61 Å². The van der Waals surface area contributed by atoms with Gasteiger partial charge in [-0.15, -0.1) is 0 Å². The van der Waals surface area contributed by atoms with E-state index in [2.05, 4.69) is 15.0 Å². The van der Waals surface area contributed by atoms with Crippen LogP contribution in [0.25, 0.3) is 0 Å². The Kier molecular flexibility index (Phi) is 6.81. The van der Waals surface area contributed by atoms with E-state index >= 15 is 0 Å². The highest BCUT2D eigenvalue weighted by Gasteiger charge is 2.10. The quantitative estimate of drug-likeness (QED) is 0.590. The number of benzene rings is 2. The summed E-state index contributed by atoms with van der Waals surface area (Å²) in [6, 6.07) is 14.3. The molecule has 0 fully saturated rings. The van der Waals surface area contributed by atoms with Crippen molar-refractivity contribution in [2.24, 2.45) is 10.7 Å². The first-order valence-corrected chi connectivity index (χ1v) is 7.73. The van der Waals surface area contributed by atoms with Gasteiger partial charge in [0, 0.05) is 17.1 Å². The second-order valence-electron chi connectivity index (χ2n) is 4.99. The molecule has 0 radical (unpaired) electrons. The average Bonchev–Trinajstić information content (AvgIpc) is 2.55. The highest BCUT2D eigenvalue weighted by atomic mass is 35.5. The molecule has 2 rings (SSSR count). The Morgan fingerprint density at radius 1 is 1.21 bits per heavy atom. The number of nitrogens with two attached hydrogens (primary N) is 1. The van der Waals surface area contributed by atoms with Crippen LogP contribution in [0.5, 0.6) is 5.75 Å². The summed E-state index contributed by atoms with van der Waals surface area (Å²) < 4.78 is 29.2. The third-order valence-electron chi connectivity index (χ3n) is 3.22. The molecule has 2 aromatic carbocycles. The second kappa shape index (κ2) is 9.08. The van der Waals surface area contributed by atoms with Gasteiger partial charge >= 0.3 is 6.61 Å². The summed E-state index contributed by atoms with van der Waals surface area (Å²) in [5.41, 5.74) is 7.41. The first kappa shape index (κ1) is 18.0. The molecule has 3 N–H and O–H groups in total. The number of guanidine groups is 1. The van der Waals surface area contributed by atoms with Crippen molar-refractivity contribution in [1.29, 1.82) is 0 Å². The topological polar surface area (TPSA) is 59.6 Å². The summed E-state index contributed by atoms with van der Waals surface area (Å²) in [7, 11) is 0. The van der Waals surface area contributed by atoms with E-state index in [1.54, 1.807) is 0 Å². The van der Waals surface area contributed by atoms with Gasteiger partial charge in [-0.05, 0) is 30.2 Å². The molecule has 0 heterocycles. The molecule has 0 unspecified atom stereocenters. The monoisotopic (exact) mass is 353 g/mol. The third-order valence-corrected chi connectivity index (χ3v) is 3.46. The molecule has 0 atom stereocenters. The number of aliphatic imine (C=N–C) groups is 1. The minimum Gasteiger partial charge on any atom is -0.434 e. The maximum Gasteiger partial charge on any atom is 0.387 e. The number of nitrogens with zero attached hydrogens (tertiary/aromatic N) is 1. The van der Waals surface area contributed by atoms with Gasteiger partial charge in [0.15, 0.2) is 5.96 Å². The Labute approximate surface area is 144 Å².